The highest BCUT2D eigenvalue weighted by atomic mass is 32.1. The number of urea groups is 1. The molecule has 3 amide bonds. The van der Waals surface area contributed by atoms with Gasteiger partial charge in [0.15, 0.2) is 0 Å². The van der Waals surface area contributed by atoms with E-state index < -0.39 is 0 Å². The summed E-state index contributed by atoms with van der Waals surface area (Å²) in [4.78, 5) is 33.9. The van der Waals surface area contributed by atoms with Crippen molar-refractivity contribution in [2.45, 2.75) is 52.0 Å². The molecule has 1 N–H and O–H groups in total. The molecular weight excluding hydrogens is 523 g/mol. The smallest absolute Gasteiger partial charge is 0.321 e. The highest BCUT2D eigenvalue weighted by Crippen LogP contribution is 2.38. The molecule has 8 heteroatoms. The third-order valence-electron chi connectivity index (χ3n) is 8.09. The summed E-state index contributed by atoms with van der Waals surface area (Å²) in [7, 11) is 0. The molecule has 2 aromatic carbocycles. The van der Waals surface area contributed by atoms with Gasteiger partial charge < -0.3 is 15.1 Å². The predicted molar refractivity (Wildman–Crippen MR) is 160 cm³/mol. The number of rotatable bonds is 6. The zero-order chi connectivity index (χ0) is 28.4. The van der Waals surface area contributed by atoms with E-state index in [1.54, 1.807) is 28.4 Å². The molecule has 40 heavy (non-hydrogen) atoms. The molecule has 0 radical (unpaired) electrons. The molecule has 2 aliphatic rings. The van der Waals surface area contributed by atoms with E-state index >= 15 is 0 Å². The highest BCUT2D eigenvalue weighted by Gasteiger charge is 2.33. The normalized spacial score (nSPS) is 17.8. The number of piperazine rings is 1. The molecule has 0 spiro atoms. The second kappa shape index (κ2) is 12.1. The van der Waals surface area contributed by atoms with Crippen molar-refractivity contribution in [2.24, 2.45) is 0 Å². The largest absolute Gasteiger partial charge is 0.338 e. The van der Waals surface area contributed by atoms with Gasteiger partial charge in [0.05, 0.1) is 12.6 Å². The molecule has 1 saturated heterocycles. The number of para-hydroxylation sites is 1. The van der Waals surface area contributed by atoms with Gasteiger partial charge in [-0.1, -0.05) is 58.0 Å². The Morgan fingerprint density at radius 1 is 0.925 bits per heavy atom. The van der Waals surface area contributed by atoms with Crippen molar-refractivity contribution in [3.63, 3.8) is 0 Å². The lowest BCUT2D eigenvalue weighted by Crippen LogP contribution is -2.54. The second-order valence-electron chi connectivity index (χ2n) is 11.4. The first-order valence-corrected chi connectivity index (χ1v) is 15.1. The Balaban J connectivity index is 1.23. The highest BCUT2D eigenvalue weighted by molar-refractivity contribution is 7.10. The standard InChI is InChI=1S/C32H39FN4O2S/c1-21(2)25-9-6-10-26(22(3)4)30(25)34-32(39)36-16-14-35(15-17-36)29(38)20-37-13-11-28-27(12-18-40-28)31(37)23-7-5-8-24(33)19-23/h5-10,12,18-19,21-22,31H,11,13-17,20H2,1-4H3,(H,34,39)/t31-/m1/s1. The molecule has 1 atom stereocenters. The van der Waals surface area contributed by atoms with Crippen LogP contribution in [0.25, 0.3) is 0 Å². The van der Waals surface area contributed by atoms with Crippen molar-refractivity contribution in [1.29, 1.82) is 0 Å². The van der Waals surface area contributed by atoms with Crippen LogP contribution in [0.3, 0.4) is 0 Å². The Morgan fingerprint density at radius 3 is 2.23 bits per heavy atom. The van der Waals surface area contributed by atoms with Gasteiger partial charge >= 0.3 is 6.03 Å². The minimum Gasteiger partial charge on any atom is -0.338 e. The number of thiophene rings is 1. The number of anilines is 1. The molecule has 0 saturated carbocycles. The maximum atomic E-state index is 14.1. The van der Waals surface area contributed by atoms with Crippen LogP contribution in [-0.2, 0) is 11.2 Å². The molecule has 3 aromatic rings. The van der Waals surface area contributed by atoms with Gasteiger partial charge in [-0.15, -0.1) is 11.3 Å². The number of benzene rings is 2. The lowest BCUT2D eigenvalue weighted by molar-refractivity contribution is -0.134. The number of carbonyl (C=O) groups excluding carboxylic acids is 2. The molecule has 212 valence electrons. The average Bonchev–Trinajstić information content (AvgIpc) is 3.41. The maximum Gasteiger partial charge on any atom is 0.321 e. The van der Waals surface area contributed by atoms with E-state index in [4.69, 9.17) is 0 Å². The zero-order valence-electron chi connectivity index (χ0n) is 23.8. The molecular formula is C32H39FN4O2S. The number of halogens is 1. The first-order valence-electron chi connectivity index (χ1n) is 14.2. The summed E-state index contributed by atoms with van der Waals surface area (Å²) in [5, 5.41) is 5.28. The van der Waals surface area contributed by atoms with Gasteiger partial charge in [0.25, 0.3) is 0 Å². The molecule has 2 aliphatic heterocycles. The Kier molecular flexibility index (Phi) is 8.57. The lowest BCUT2D eigenvalue weighted by Gasteiger charge is -2.39. The van der Waals surface area contributed by atoms with Crippen LogP contribution in [-0.4, -0.2) is 65.9 Å². The second-order valence-corrected chi connectivity index (χ2v) is 12.4. The van der Waals surface area contributed by atoms with Crippen molar-refractivity contribution in [3.8, 4) is 0 Å². The molecule has 0 bridgehead atoms. The van der Waals surface area contributed by atoms with Crippen LogP contribution in [0.5, 0.6) is 0 Å². The monoisotopic (exact) mass is 562 g/mol. The van der Waals surface area contributed by atoms with Crippen molar-refractivity contribution in [2.75, 3.05) is 44.6 Å². The van der Waals surface area contributed by atoms with Gasteiger partial charge in [0, 0.05) is 43.3 Å². The van der Waals surface area contributed by atoms with Gasteiger partial charge in [-0.05, 0) is 64.1 Å². The third-order valence-corrected chi connectivity index (χ3v) is 9.09. The van der Waals surface area contributed by atoms with E-state index in [9.17, 15) is 14.0 Å². The Labute approximate surface area is 240 Å². The fraction of sp³-hybridized carbons (Fsp3) is 0.438. The quantitative estimate of drug-likeness (QED) is 0.375. The molecule has 1 fully saturated rings. The van der Waals surface area contributed by atoms with Crippen molar-refractivity contribution in [3.05, 3.63) is 86.9 Å². The van der Waals surface area contributed by atoms with Gasteiger partial charge in [0.2, 0.25) is 5.91 Å². The van der Waals surface area contributed by atoms with E-state index in [0.717, 1.165) is 35.3 Å². The molecule has 3 heterocycles. The fourth-order valence-corrected chi connectivity index (χ4v) is 6.82. The van der Waals surface area contributed by atoms with Crippen molar-refractivity contribution in [1.82, 2.24) is 14.7 Å². The SMILES string of the molecule is CC(C)c1cccc(C(C)C)c1NC(=O)N1CCN(C(=O)CN2CCc3sccc3[C@H]2c2cccc(F)c2)CC1. The minimum atomic E-state index is -0.267. The van der Waals surface area contributed by atoms with Gasteiger partial charge in [-0.2, -0.15) is 0 Å². The van der Waals surface area contributed by atoms with Crippen LogP contribution in [0.4, 0.5) is 14.9 Å². The molecule has 0 unspecified atom stereocenters. The van der Waals surface area contributed by atoms with Crippen molar-refractivity contribution >= 4 is 29.0 Å². The van der Waals surface area contributed by atoms with E-state index in [1.807, 2.05) is 11.0 Å². The van der Waals surface area contributed by atoms with Gasteiger partial charge in [-0.25, -0.2) is 9.18 Å². The average molecular weight is 563 g/mol. The summed E-state index contributed by atoms with van der Waals surface area (Å²) in [5.41, 5.74) is 5.22. The predicted octanol–water partition coefficient (Wildman–Crippen LogP) is 6.46. The van der Waals surface area contributed by atoms with Crippen molar-refractivity contribution < 1.29 is 14.0 Å². The third kappa shape index (κ3) is 5.93. The van der Waals surface area contributed by atoms with Crippen LogP contribution in [0.2, 0.25) is 0 Å². The summed E-state index contributed by atoms with van der Waals surface area (Å²) in [5.74, 6) is 0.365. The first kappa shape index (κ1) is 28.3. The minimum absolute atomic E-state index is 0.0485. The summed E-state index contributed by atoms with van der Waals surface area (Å²) >= 11 is 1.73. The number of carbonyl (C=O) groups is 2. The van der Waals surface area contributed by atoms with Crippen LogP contribution < -0.4 is 5.32 Å². The number of fused-ring (bicyclic) bond motifs is 1. The summed E-state index contributed by atoms with van der Waals surface area (Å²) in [6.45, 7) is 11.5. The number of nitrogens with one attached hydrogen (secondary N) is 1. The summed E-state index contributed by atoms with van der Waals surface area (Å²) in [6.07, 6.45) is 0.885. The van der Waals surface area contributed by atoms with E-state index in [2.05, 4.69) is 67.6 Å². The zero-order valence-corrected chi connectivity index (χ0v) is 24.6. The Morgan fingerprint density at radius 2 is 1.57 bits per heavy atom. The van der Waals surface area contributed by atoms with Crippen LogP contribution in [0.15, 0.2) is 53.9 Å². The fourth-order valence-electron chi connectivity index (χ4n) is 5.92. The van der Waals surface area contributed by atoms with E-state index in [0.29, 0.717) is 38.0 Å². The summed E-state index contributed by atoms with van der Waals surface area (Å²) in [6, 6.07) is 14.8. The Hall–Kier alpha value is -3.23. The number of hydrogen-bond acceptors (Lipinski definition) is 4. The number of hydrogen-bond donors (Lipinski definition) is 1. The van der Waals surface area contributed by atoms with Crippen LogP contribution >= 0.6 is 11.3 Å². The molecule has 6 nitrogen and oxygen atoms in total. The van der Waals surface area contributed by atoms with E-state index in [1.165, 1.54) is 16.5 Å². The topological polar surface area (TPSA) is 55.9 Å². The van der Waals surface area contributed by atoms with Gasteiger partial charge in [0.1, 0.15) is 5.82 Å². The number of nitrogens with zero attached hydrogens (tertiary/aromatic N) is 3. The summed E-state index contributed by atoms with van der Waals surface area (Å²) < 4.78 is 14.1. The van der Waals surface area contributed by atoms with E-state index in [-0.39, 0.29) is 30.3 Å². The van der Waals surface area contributed by atoms with Crippen LogP contribution in [0.1, 0.15) is 72.7 Å². The maximum absolute atomic E-state index is 14.1. The van der Waals surface area contributed by atoms with Gasteiger partial charge in [-0.3, -0.25) is 9.69 Å². The first-order chi connectivity index (χ1) is 19.2. The lowest BCUT2D eigenvalue weighted by atomic mass is 9.93. The molecule has 5 rings (SSSR count). The number of amides is 3. The molecule has 0 aliphatic carbocycles. The molecule has 1 aromatic heterocycles. The van der Waals surface area contributed by atoms with Crippen LogP contribution in [0, 0.1) is 5.82 Å². The Bertz CT molecular complexity index is 1340.